The topological polar surface area (TPSA) is 75.6 Å². The Kier molecular flexibility index (Phi) is 4.73. The fraction of sp³-hybridized carbons (Fsp3) is 0.789. The Morgan fingerprint density at radius 3 is 2.79 bits per heavy atom. The molecule has 5 atom stereocenters. The van der Waals surface area contributed by atoms with Gasteiger partial charge < -0.3 is 15.2 Å². The lowest BCUT2D eigenvalue weighted by Gasteiger charge is -2.54. The summed E-state index contributed by atoms with van der Waals surface area (Å²) < 4.78 is 5.50. The van der Waals surface area contributed by atoms with Crippen LogP contribution in [0.5, 0.6) is 0 Å². The maximum atomic E-state index is 12.6. The van der Waals surface area contributed by atoms with E-state index in [4.69, 9.17) is 4.74 Å². The van der Waals surface area contributed by atoms with Gasteiger partial charge in [0.2, 0.25) is 11.4 Å². The van der Waals surface area contributed by atoms with Crippen LogP contribution in [0.3, 0.4) is 0 Å². The Hall–Kier alpha value is -1.36. The van der Waals surface area contributed by atoms with Crippen molar-refractivity contribution in [2.24, 2.45) is 11.8 Å². The fourth-order valence-electron chi connectivity index (χ4n) is 4.66. The van der Waals surface area contributed by atoms with Gasteiger partial charge >= 0.3 is 5.97 Å². The first kappa shape index (κ1) is 17.5. The molecule has 2 heterocycles. The molecule has 5 nitrogen and oxygen atoms in total. The largest absolute Gasteiger partial charge is 0.453 e. The molecule has 134 valence electrons. The van der Waals surface area contributed by atoms with Crippen LogP contribution >= 0.6 is 0 Å². The highest BCUT2D eigenvalue weighted by Crippen LogP contribution is 2.53. The number of hydrogen-bond donors (Lipinski definition) is 2. The molecule has 0 bridgehead atoms. The molecule has 1 aliphatic carbocycles. The van der Waals surface area contributed by atoms with E-state index in [2.05, 4.69) is 12.2 Å². The molecule has 24 heavy (non-hydrogen) atoms. The molecular formula is C19H29NO4. The first-order valence-electron chi connectivity index (χ1n) is 9.37. The van der Waals surface area contributed by atoms with E-state index in [9.17, 15) is 14.7 Å². The highest BCUT2D eigenvalue weighted by atomic mass is 16.6. The zero-order valence-corrected chi connectivity index (χ0v) is 14.7. The molecule has 0 aromatic rings. The lowest BCUT2D eigenvalue weighted by molar-refractivity contribution is -0.238. The molecule has 3 aliphatic rings. The van der Waals surface area contributed by atoms with E-state index in [0.717, 1.165) is 44.9 Å². The molecule has 2 unspecified atom stereocenters. The molecule has 0 spiro atoms. The Balaban J connectivity index is 1.79. The number of nitrogens with one attached hydrogen (secondary N) is 1. The van der Waals surface area contributed by atoms with Gasteiger partial charge in [-0.1, -0.05) is 44.8 Å². The predicted octanol–water partition coefficient (Wildman–Crippen LogP) is 2.47. The van der Waals surface area contributed by atoms with Gasteiger partial charge in [0.25, 0.3) is 0 Å². The summed E-state index contributed by atoms with van der Waals surface area (Å²) in [6, 6.07) is 0. The van der Waals surface area contributed by atoms with Gasteiger partial charge in [0.15, 0.2) is 5.60 Å². The lowest BCUT2D eigenvalue weighted by atomic mass is 9.64. The zero-order valence-electron chi connectivity index (χ0n) is 14.7. The second-order valence-corrected chi connectivity index (χ2v) is 7.66. The number of unbranched alkanes of at least 4 members (excludes halogenated alkanes) is 3. The minimum Gasteiger partial charge on any atom is -0.453 e. The Bertz CT molecular complexity index is 545. The third kappa shape index (κ3) is 2.40. The fourth-order valence-corrected chi connectivity index (χ4v) is 4.66. The smallest absolute Gasteiger partial charge is 0.339 e. The predicted molar refractivity (Wildman–Crippen MR) is 90.1 cm³/mol. The molecule has 0 aromatic carbocycles. The van der Waals surface area contributed by atoms with E-state index in [1.807, 2.05) is 19.1 Å². The minimum absolute atomic E-state index is 0.106. The van der Waals surface area contributed by atoms with Crippen LogP contribution in [0.1, 0.15) is 65.2 Å². The third-order valence-corrected chi connectivity index (χ3v) is 6.20. The Morgan fingerprint density at radius 2 is 2.17 bits per heavy atom. The second kappa shape index (κ2) is 6.51. The van der Waals surface area contributed by atoms with Crippen LogP contribution in [0.15, 0.2) is 12.2 Å². The number of amides is 1. The van der Waals surface area contributed by atoms with Gasteiger partial charge in [0, 0.05) is 5.92 Å². The molecular weight excluding hydrogens is 306 g/mol. The van der Waals surface area contributed by atoms with E-state index < -0.39 is 23.2 Å². The first-order chi connectivity index (χ1) is 11.5. The van der Waals surface area contributed by atoms with E-state index >= 15 is 0 Å². The molecule has 2 N–H and O–H groups in total. The minimum atomic E-state index is -1.27. The van der Waals surface area contributed by atoms with Gasteiger partial charge in [-0.15, -0.1) is 0 Å². The first-order valence-corrected chi connectivity index (χ1v) is 9.37. The number of ether oxygens (including phenoxy) is 1. The molecule has 2 fully saturated rings. The highest BCUT2D eigenvalue weighted by molar-refractivity contribution is 6.01. The van der Waals surface area contributed by atoms with Crippen molar-refractivity contribution in [1.29, 1.82) is 0 Å². The van der Waals surface area contributed by atoms with E-state index in [1.54, 1.807) is 0 Å². The highest BCUT2D eigenvalue weighted by Gasteiger charge is 2.79. The van der Waals surface area contributed by atoms with Crippen LogP contribution in [0.2, 0.25) is 0 Å². The number of carbonyl (C=O) groups excluding carboxylic acids is 2. The standard InChI is InChI=1S/C19H29NO4/c1-3-4-5-9-12-14-16(22)20-19(17(23)24-18(14,19)2)15(21)13-10-7-6-8-11-13/h7,10,13-15,21H,3-6,8-9,11-12H2,1-2H3,(H,20,22)/t13?,14-,15?,18-,19-/m0/s1. The number of rotatable bonds is 7. The number of hydrogen-bond acceptors (Lipinski definition) is 4. The van der Waals surface area contributed by atoms with Crippen molar-refractivity contribution in [3.63, 3.8) is 0 Å². The van der Waals surface area contributed by atoms with Crippen molar-refractivity contribution in [3.05, 3.63) is 12.2 Å². The summed E-state index contributed by atoms with van der Waals surface area (Å²) in [6.45, 7) is 3.96. The third-order valence-electron chi connectivity index (χ3n) is 6.20. The van der Waals surface area contributed by atoms with Gasteiger partial charge in [-0.2, -0.15) is 0 Å². The van der Waals surface area contributed by atoms with Gasteiger partial charge in [0.1, 0.15) is 0 Å². The van der Waals surface area contributed by atoms with E-state index in [-0.39, 0.29) is 17.7 Å². The summed E-state index contributed by atoms with van der Waals surface area (Å²) in [5.74, 6) is -1.11. The molecule has 2 aliphatic heterocycles. The molecule has 0 radical (unpaired) electrons. The van der Waals surface area contributed by atoms with Crippen molar-refractivity contribution < 1.29 is 19.4 Å². The summed E-state index contributed by atoms with van der Waals surface area (Å²) in [5, 5.41) is 13.8. The van der Waals surface area contributed by atoms with Gasteiger partial charge in [-0.05, 0) is 32.6 Å². The maximum Gasteiger partial charge on any atom is 0.339 e. The number of aliphatic hydroxyl groups is 1. The maximum absolute atomic E-state index is 12.6. The SMILES string of the molecule is CCCCCC[C@H]1C(=O)N[C@@]2(C(O)C3C=CCCC3)C(=O)O[C@@]12C. The average Bonchev–Trinajstić information content (AvgIpc) is 2.76. The number of aliphatic hydroxyl groups excluding tert-OH is 1. The molecule has 2 saturated heterocycles. The van der Waals surface area contributed by atoms with Crippen LogP contribution in [0.4, 0.5) is 0 Å². The van der Waals surface area contributed by atoms with Crippen LogP contribution in [0.25, 0.3) is 0 Å². The summed E-state index contributed by atoms with van der Waals surface area (Å²) in [7, 11) is 0. The number of fused-ring (bicyclic) bond motifs is 1. The molecule has 5 heteroatoms. The van der Waals surface area contributed by atoms with E-state index in [1.165, 1.54) is 0 Å². The van der Waals surface area contributed by atoms with Crippen molar-refractivity contribution in [2.75, 3.05) is 0 Å². The normalized spacial score (nSPS) is 39.0. The van der Waals surface area contributed by atoms with Crippen molar-refractivity contribution in [2.45, 2.75) is 82.5 Å². The van der Waals surface area contributed by atoms with Crippen molar-refractivity contribution in [1.82, 2.24) is 5.32 Å². The molecule has 3 rings (SSSR count). The molecule has 0 saturated carbocycles. The van der Waals surface area contributed by atoms with Crippen LogP contribution in [-0.2, 0) is 14.3 Å². The lowest BCUT2D eigenvalue weighted by Crippen LogP contribution is -2.80. The zero-order chi connectivity index (χ0) is 17.4. The summed E-state index contributed by atoms with van der Waals surface area (Å²) in [5.41, 5.74) is -2.20. The monoisotopic (exact) mass is 335 g/mol. The average molecular weight is 335 g/mol. The Labute approximate surface area is 143 Å². The summed E-state index contributed by atoms with van der Waals surface area (Å²) in [6.07, 6.45) is 10.9. The van der Waals surface area contributed by atoms with Crippen LogP contribution in [0, 0.1) is 11.8 Å². The van der Waals surface area contributed by atoms with E-state index in [0.29, 0.717) is 6.42 Å². The van der Waals surface area contributed by atoms with Crippen LogP contribution < -0.4 is 5.32 Å². The summed E-state index contributed by atoms with van der Waals surface area (Å²) >= 11 is 0. The van der Waals surface area contributed by atoms with Gasteiger partial charge in [-0.25, -0.2) is 4.79 Å². The van der Waals surface area contributed by atoms with Gasteiger partial charge in [0.05, 0.1) is 12.0 Å². The van der Waals surface area contributed by atoms with Gasteiger partial charge in [-0.3, -0.25) is 4.79 Å². The number of esters is 1. The number of carbonyl (C=O) groups is 2. The number of allylic oxidation sites excluding steroid dienone is 1. The molecule has 1 amide bonds. The summed E-state index contributed by atoms with van der Waals surface area (Å²) in [4.78, 5) is 24.9. The molecule has 0 aromatic heterocycles. The van der Waals surface area contributed by atoms with Crippen LogP contribution in [-0.4, -0.2) is 34.2 Å². The van der Waals surface area contributed by atoms with Crippen molar-refractivity contribution in [3.8, 4) is 0 Å². The van der Waals surface area contributed by atoms with Crippen molar-refractivity contribution >= 4 is 11.9 Å². The quantitative estimate of drug-likeness (QED) is 0.426. The second-order valence-electron chi connectivity index (χ2n) is 7.66. The Morgan fingerprint density at radius 1 is 1.38 bits per heavy atom.